The lowest BCUT2D eigenvalue weighted by molar-refractivity contribution is 0.0526. The fourth-order valence-electron chi connectivity index (χ4n) is 2.84. The number of esters is 1. The first-order valence-corrected chi connectivity index (χ1v) is 11.5. The highest BCUT2D eigenvalue weighted by atomic mass is 35.5. The van der Waals surface area contributed by atoms with E-state index in [1.165, 1.54) is 30.3 Å². The molecule has 1 aromatic heterocycles. The lowest BCUT2D eigenvalue weighted by Crippen LogP contribution is -2.15. The molecule has 0 saturated carbocycles. The minimum absolute atomic E-state index is 0.00907. The molecule has 0 aliphatic carbocycles. The highest BCUT2D eigenvalue weighted by Crippen LogP contribution is 2.27. The van der Waals surface area contributed by atoms with Crippen LogP contribution in [0.25, 0.3) is 10.2 Å². The number of carbonyl (C=O) groups excluding carboxylic acids is 1. The van der Waals surface area contributed by atoms with Crippen molar-refractivity contribution in [2.24, 2.45) is 0 Å². The number of hydrogen-bond acceptors (Lipinski definition) is 6. The van der Waals surface area contributed by atoms with Crippen molar-refractivity contribution in [3.8, 4) is 0 Å². The number of benzene rings is 2. The molecule has 0 unspecified atom stereocenters. The number of thiazole rings is 1. The third kappa shape index (κ3) is 4.31. The van der Waals surface area contributed by atoms with Crippen molar-refractivity contribution in [1.82, 2.24) is 4.57 Å². The van der Waals surface area contributed by atoms with Gasteiger partial charge in [0.1, 0.15) is 0 Å². The largest absolute Gasteiger partial charge is 0.462 e. The summed E-state index contributed by atoms with van der Waals surface area (Å²) in [6.45, 7) is 5.61. The molecule has 0 amide bonds. The molecule has 0 bridgehead atoms. The Kier molecular flexibility index (Phi) is 6.02. The maximum absolute atomic E-state index is 12.8. The van der Waals surface area contributed by atoms with Gasteiger partial charge in [-0.1, -0.05) is 22.9 Å². The van der Waals surface area contributed by atoms with Gasteiger partial charge in [0.25, 0.3) is 10.0 Å². The summed E-state index contributed by atoms with van der Waals surface area (Å²) in [5.41, 5.74) is 0.923. The van der Waals surface area contributed by atoms with Crippen LogP contribution < -0.4 is 9.60 Å². The van der Waals surface area contributed by atoms with Gasteiger partial charge >= 0.3 is 10.8 Å². The molecule has 154 valence electrons. The Morgan fingerprint density at radius 2 is 1.97 bits per heavy atom. The van der Waals surface area contributed by atoms with Crippen molar-refractivity contribution in [3.63, 3.8) is 0 Å². The second-order valence-corrected chi connectivity index (χ2v) is 9.56. The van der Waals surface area contributed by atoms with Gasteiger partial charge in [0.2, 0.25) is 0 Å². The average Bonchev–Trinajstić information content (AvgIpc) is 2.98. The van der Waals surface area contributed by atoms with Gasteiger partial charge in [-0.05, 0) is 57.2 Å². The molecule has 0 radical (unpaired) electrons. The van der Waals surface area contributed by atoms with E-state index in [-0.39, 0.29) is 38.7 Å². The van der Waals surface area contributed by atoms with Crippen molar-refractivity contribution in [3.05, 3.63) is 56.7 Å². The number of anilines is 1. The Bertz CT molecular complexity index is 1250. The SMILES string of the molecule is CCOC(=O)c1cc(NS(=O)(=O)c2ccc3c(c2)sc(=O)n3C(C)C)ccc1Cl. The van der Waals surface area contributed by atoms with Gasteiger partial charge in [-0.15, -0.1) is 0 Å². The number of aromatic nitrogens is 1. The Balaban J connectivity index is 1.97. The van der Waals surface area contributed by atoms with Crippen LogP contribution in [0.2, 0.25) is 5.02 Å². The van der Waals surface area contributed by atoms with E-state index in [2.05, 4.69) is 4.72 Å². The number of rotatable bonds is 6. The molecule has 0 aliphatic heterocycles. The standard InChI is InChI=1S/C19H19ClN2O5S2/c1-4-27-18(23)14-9-12(5-7-15(14)20)21-29(25,26)13-6-8-16-17(10-13)28-19(24)22(16)11(2)3/h5-11,21H,4H2,1-3H3. The van der Waals surface area contributed by atoms with E-state index < -0.39 is 16.0 Å². The summed E-state index contributed by atoms with van der Waals surface area (Å²) in [5, 5.41) is 0.160. The first-order chi connectivity index (χ1) is 13.6. The number of ether oxygens (including phenoxy) is 1. The number of sulfonamides is 1. The fourth-order valence-corrected chi connectivity index (χ4v) is 5.24. The van der Waals surface area contributed by atoms with Crippen LogP contribution in [-0.2, 0) is 14.8 Å². The number of carbonyl (C=O) groups is 1. The molecule has 3 rings (SSSR count). The number of nitrogens with one attached hydrogen (secondary N) is 1. The molecule has 0 aliphatic rings. The summed E-state index contributed by atoms with van der Waals surface area (Å²) in [6.07, 6.45) is 0. The summed E-state index contributed by atoms with van der Waals surface area (Å²) < 4.78 is 35.2. The van der Waals surface area contributed by atoms with E-state index >= 15 is 0 Å². The number of halogens is 1. The van der Waals surface area contributed by atoms with Gasteiger partial charge < -0.3 is 4.74 Å². The molecule has 10 heteroatoms. The van der Waals surface area contributed by atoms with Gasteiger partial charge in [-0.3, -0.25) is 14.1 Å². The summed E-state index contributed by atoms with van der Waals surface area (Å²) in [5.74, 6) is -0.639. The first-order valence-electron chi connectivity index (χ1n) is 8.78. The van der Waals surface area contributed by atoms with Crippen LogP contribution >= 0.6 is 22.9 Å². The topological polar surface area (TPSA) is 94.5 Å². The van der Waals surface area contributed by atoms with Crippen LogP contribution in [0.5, 0.6) is 0 Å². The predicted molar refractivity (Wildman–Crippen MR) is 115 cm³/mol. The maximum atomic E-state index is 12.8. The van der Waals surface area contributed by atoms with E-state index in [0.29, 0.717) is 10.2 Å². The van der Waals surface area contributed by atoms with E-state index in [1.54, 1.807) is 17.6 Å². The molecule has 0 atom stereocenters. The van der Waals surface area contributed by atoms with E-state index in [1.807, 2.05) is 13.8 Å². The van der Waals surface area contributed by atoms with Gasteiger partial charge in [0.15, 0.2) is 0 Å². The van der Waals surface area contributed by atoms with Crippen molar-refractivity contribution in [2.75, 3.05) is 11.3 Å². The third-order valence-corrected chi connectivity index (χ3v) is 6.75. The van der Waals surface area contributed by atoms with Crippen LogP contribution in [0.15, 0.2) is 46.1 Å². The zero-order valence-corrected chi connectivity index (χ0v) is 18.3. The zero-order chi connectivity index (χ0) is 21.3. The molecular weight excluding hydrogens is 436 g/mol. The Labute approximate surface area is 176 Å². The molecular formula is C19H19ClN2O5S2. The molecule has 0 spiro atoms. The highest BCUT2D eigenvalue weighted by molar-refractivity contribution is 7.92. The fraction of sp³-hybridized carbons (Fsp3) is 0.263. The normalized spacial score (nSPS) is 11.8. The summed E-state index contributed by atoms with van der Waals surface area (Å²) in [4.78, 5) is 24.0. The Morgan fingerprint density at radius 3 is 2.62 bits per heavy atom. The number of fused-ring (bicyclic) bond motifs is 1. The first kappa shape index (κ1) is 21.4. The van der Waals surface area contributed by atoms with Crippen molar-refractivity contribution < 1.29 is 17.9 Å². The van der Waals surface area contributed by atoms with E-state index in [9.17, 15) is 18.0 Å². The van der Waals surface area contributed by atoms with Crippen molar-refractivity contribution in [2.45, 2.75) is 31.7 Å². The summed E-state index contributed by atoms with van der Waals surface area (Å²) in [7, 11) is -3.95. The zero-order valence-electron chi connectivity index (χ0n) is 15.9. The number of hydrogen-bond donors (Lipinski definition) is 1. The van der Waals surface area contributed by atoms with Crippen LogP contribution in [0.3, 0.4) is 0 Å². The Morgan fingerprint density at radius 1 is 1.24 bits per heavy atom. The molecule has 3 aromatic rings. The van der Waals surface area contributed by atoms with Gasteiger partial charge in [-0.25, -0.2) is 13.2 Å². The monoisotopic (exact) mass is 454 g/mol. The molecule has 0 saturated heterocycles. The quantitative estimate of drug-likeness (QED) is 0.561. The summed E-state index contributed by atoms with van der Waals surface area (Å²) >= 11 is 7.01. The minimum Gasteiger partial charge on any atom is -0.462 e. The van der Waals surface area contributed by atoms with Crippen LogP contribution in [0, 0.1) is 0 Å². The molecule has 1 heterocycles. The predicted octanol–water partition coefficient (Wildman–Crippen LogP) is 4.27. The lowest BCUT2D eigenvalue weighted by Gasteiger charge is -2.11. The van der Waals surface area contributed by atoms with E-state index in [4.69, 9.17) is 16.3 Å². The molecule has 0 fully saturated rings. The van der Waals surface area contributed by atoms with Crippen molar-refractivity contribution >= 4 is 54.8 Å². The third-order valence-electron chi connectivity index (χ3n) is 4.13. The Hall–Kier alpha value is -2.36. The average molecular weight is 455 g/mol. The number of nitrogens with zero attached hydrogens (tertiary/aromatic N) is 1. The molecule has 7 nitrogen and oxygen atoms in total. The van der Waals surface area contributed by atoms with Crippen LogP contribution in [-0.4, -0.2) is 25.6 Å². The lowest BCUT2D eigenvalue weighted by atomic mass is 10.2. The van der Waals surface area contributed by atoms with Gasteiger partial charge in [-0.2, -0.15) is 0 Å². The van der Waals surface area contributed by atoms with Gasteiger partial charge in [0.05, 0.1) is 32.3 Å². The summed E-state index contributed by atoms with van der Waals surface area (Å²) in [6, 6.07) is 8.69. The molecule has 2 aromatic carbocycles. The molecule has 1 N–H and O–H groups in total. The molecule has 29 heavy (non-hydrogen) atoms. The van der Waals surface area contributed by atoms with Crippen molar-refractivity contribution in [1.29, 1.82) is 0 Å². The van der Waals surface area contributed by atoms with Gasteiger partial charge in [0, 0.05) is 11.7 Å². The second kappa shape index (κ2) is 8.17. The highest BCUT2D eigenvalue weighted by Gasteiger charge is 2.19. The van der Waals surface area contributed by atoms with E-state index in [0.717, 1.165) is 11.3 Å². The van der Waals surface area contributed by atoms with Crippen LogP contribution in [0.1, 0.15) is 37.2 Å². The smallest absolute Gasteiger partial charge is 0.339 e. The maximum Gasteiger partial charge on any atom is 0.339 e. The van der Waals surface area contributed by atoms with Crippen LogP contribution in [0.4, 0.5) is 5.69 Å². The second-order valence-electron chi connectivity index (χ2n) is 6.48. The minimum atomic E-state index is -3.95.